The van der Waals surface area contributed by atoms with Crippen molar-refractivity contribution in [3.05, 3.63) is 12.7 Å². The molecule has 1 aliphatic rings. The van der Waals surface area contributed by atoms with Crippen LogP contribution in [-0.4, -0.2) is 0 Å². The second kappa shape index (κ2) is 4.11. The van der Waals surface area contributed by atoms with Crippen LogP contribution in [0, 0.1) is 23.7 Å². The summed E-state index contributed by atoms with van der Waals surface area (Å²) in [4.78, 5) is 0. The standard InChI is InChI=1S/C12H22/c1-5-7-11(6-2)10(4)12-8-9(12)3/h5,9-12H,1,6-8H2,2-4H3. The number of hydrogen-bond donors (Lipinski definition) is 0. The fraction of sp³-hybridized carbons (Fsp3) is 0.833. The Morgan fingerprint density at radius 3 is 2.50 bits per heavy atom. The molecular formula is C12H22. The van der Waals surface area contributed by atoms with Crippen LogP contribution in [0.3, 0.4) is 0 Å². The van der Waals surface area contributed by atoms with Crippen LogP contribution in [0.25, 0.3) is 0 Å². The first-order chi connectivity index (χ1) is 5.70. The quantitative estimate of drug-likeness (QED) is 0.544. The summed E-state index contributed by atoms with van der Waals surface area (Å²) in [6.45, 7) is 10.9. The van der Waals surface area contributed by atoms with Crippen molar-refractivity contribution in [2.45, 2.75) is 40.0 Å². The lowest BCUT2D eigenvalue weighted by atomic mass is 9.85. The molecule has 0 heteroatoms. The fourth-order valence-corrected chi connectivity index (χ4v) is 2.40. The van der Waals surface area contributed by atoms with Gasteiger partial charge in [0.15, 0.2) is 0 Å². The van der Waals surface area contributed by atoms with Gasteiger partial charge in [0.2, 0.25) is 0 Å². The largest absolute Gasteiger partial charge is 0.103 e. The van der Waals surface area contributed by atoms with Crippen LogP contribution in [0.2, 0.25) is 0 Å². The predicted octanol–water partition coefficient (Wildman–Crippen LogP) is 3.88. The van der Waals surface area contributed by atoms with Crippen molar-refractivity contribution in [2.75, 3.05) is 0 Å². The third-order valence-electron chi connectivity index (χ3n) is 3.58. The van der Waals surface area contributed by atoms with Crippen molar-refractivity contribution in [3.8, 4) is 0 Å². The topological polar surface area (TPSA) is 0 Å². The van der Waals surface area contributed by atoms with Gasteiger partial charge >= 0.3 is 0 Å². The highest BCUT2D eigenvalue weighted by Gasteiger charge is 2.39. The van der Waals surface area contributed by atoms with Gasteiger partial charge in [0, 0.05) is 0 Å². The van der Waals surface area contributed by atoms with E-state index in [1.54, 1.807) is 0 Å². The van der Waals surface area contributed by atoms with Crippen LogP contribution >= 0.6 is 0 Å². The molecule has 0 aromatic carbocycles. The molecule has 0 bridgehead atoms. The molecule has 12 heavy (non-hydrogen) atoms. The third kappa shape index (κ3) is 2.12. The van der Waals surface area contributed by atoms with E-state index in [9.17, 15) is 0 Å². The molecule has 0 N–H and O–H groups in total. The van der Waals surface area contributed by atoms with E-state index in [4.69, 9.17) is 0 Å². The van der Waals surface area contributed by atoms with Crippen LogP contribution in [0.15, 0.2) is 12.7 Å². The Bertz CT molecular complexity index is 148. The number of hydrogen-bond acceptors (Lipinski definition) is 0. The smallest absolute Gasteiger partial charge is 0.0322 e. The lowest BCUT2D eigenvalue weighted by Gasteiger charge is -2.21. The van der Waals surface area contributed by atoms with E-state index in [-0.39, 0.29) is 0 Å². The molecule has 0 heterocycles. The molecule has 0 radical (unpaired) electrons. The Kier molecular flexibility index (Phi) is 3.37. The molecular weight excluding hydrogens is 144 g/mol. The Morgan fingerprint density at radius 2 is 2.17 bits per heavy atom. The summed E-state index contributed by atoms with van der Waals surface area (Å²) >= 11 is 0. The van der Waals surface area contributed by atoms with Gasteiger partial charge in [-0.05, 0) is 36.5 Å². The molecule has 1 fully saturated rings. The van der Waals surface area contributed by atoms with Crippen molar-refractivity contribution in [1.82, 2.24) is 0 Å². The average Bonchev–Trinajstić information content (AvgIpc) is 2.77. The molecule has 1 saturated carbocycles. The van der Waals surface area contributed by atoms with E-state index < -0.39 is 0 Å². The molecule has 0 aliphatic heterocycles. The zero-order valence-corrected chi connectivity index (χ0v) is 8.72. The minimum atomic E-state index is 0.887. The van der Waals surface area contributed by atoms with Crippen LogP contribution < -0.4 is 0 Å². The highest BCUT2D eigenvalue weighted by molar-refractivity contribution is 4.90. The maximum atomic E-state index is 3.83. The summed E-state index contributed by atoms with van der Waals surface area (Å²) in [6.07, 6.45) is 6.07. The van der Waals surface area contributed by atoms with Gasteiger partial charge < -0.3 is 0 Å². The Labute approximate surface area is 77.1 Å². The summed E-state index contributed by atoms with van der Waals surface area (Å²) < 4.78 is 0. The molecule has 0 nitrogen and oxygen atoms in total. The van der Waals surface area contributed by atoms with E-state index in [1.807, 2.05) is 0 Å². The Hall–Kier alpha value is -0.260. The first-order valence-corrected chi connectivity index (χ1v) is 5.31. The predicted molar refractivity (Wildman–Crippen MR) is 55.0 cm³/mol. The van der Waals surface area contributed by atoms with Crippen LogP contribution in [0.5, 0.6) is 0 Å². The minimum absolute atomic E-state index is 0.887. The molecule has 0 saturated heterocycles. The number of rotatable bonds is 5. The van der Waals surface area contributed by atoms with Gasteiger partial charge in [-0.3, -0.25) is 0 Å². The zero-order chi connectivity index (χ0) is 9.14. The zero-order valence-electron chi connectivity index (χ0n) is 8.72. The highest BCUT2D eigenvalue weighted by Crippen LogP contribution is 2.47. The summed E-state index contributed by atoms with van der Waals surface area (Å²) in [6, 6.07) is 0. The Balaban J connectivity index is 2.36. The molecule has 0 amide bonds. The second-order valence-corrected chi connectivity index (χ2v) is 4.43. The number of allylic oxidation sites excluding steroid dienone is 1. The highest BCUT2D eigenvalue weighted by atomic mass is 14.4. The molecule has 4 atom stereocenters. The van der Waals surface area contributed by atoms with Crippen molar-refractivity contribution in [3.63, 3.8) is 0 Å². The van der Waals surface area contributed by atoms with Crippen LogP contribution in [0.1, 0.15) is 40.0 Å². The van der Waals surface area contributed by atoms with Crippen molar-refractivity contribution < 1.29 is 0 Å². The van der Waals surface area contributed by atoms with E-state index in [0.29, 0.717) is 0 Å². The molecule has 0 aromatic heterocycles. The summed E-state index contributed by atoms with van der Waals surface area (Å²) in [5.41, 5.74) is 0. The second-order valence-electron chi connectivity index (χ2n) is 4.43. The van der Waals surface area contributed by atoms with Crippen LogP contribution in [0.4, 0.5) is 0 Å². The van der Waals surface area contributed by atoms with Gasteiger partial charge in [-0.2, -0.15) is 0 Å². The lowest BCUT2D eigenvalue weighted by molar-refractivity contribution is 0.304. The lowest BCUT2D eigenvalue weighted by Crippen LogP contribution is -2.12. The van der Waals surface area contributed by atoms with Gasteiger partial charge in [-0.1, -0.05) is 33.3 Å². The van der Waals surface area contributed by atoms with Gasteiger partial charge in [-0.15, -0.1) is 6.58 Å². The maximum Gasteiger partial charge on any atom is -0.0322 e. The summed E-state index contributed by atoms with van der Waals surface area (Å²) in [5.74, 6) is 3.83. The Morgan fingerprint density at radius 1 is 1.58 bits per heavy atom. The average molecular weight is 166 g/mol. The summed E-state index contributed by atoms with van der Waals surface area (Å²) in [5, 5.41) is 0. The van der Waals surface area contributed by atoms with Gasteiger partial charge in [-0.25, -0.2) is 0 Å². The van der Waals surface area contributed by atoms with E-state index in [1.165, 1.54) is 19.3 Å². The van der Waals surface area contributed by atoms with Gasteiger partial charge in [0.1, 0.15) is 0 Å². The SMILES string of the molecule is C=CCC(CC)C(C)C1CC1C. The van der Waals surface area contributed by atoms with E-state index in [0.717, 1.165) is 23.7 Å². The van der Waals surface area contributed by atoms with Gasteiger partial charge in [0.25, 0.3) is 0 Å². The van der Waals surface area contributed by atoms with Gasteiger partial charge in [0.05, 0.1) is 0 Å². The minimum Gasteiger partial charge on any atom is -0.103 e. The van der Waals surface area contributed by atoms with E-state index >= 15 is 0 Å². The first kappa shape index (κ1) is 9.83. The fourth-order valence-electron chi connectivity index (χ4n) is 2.40. The molecule has 1 rings (SSSR count). The molecule has 0 aromatic rings. The molecule has 4 unspecified atom stereocenters. The molecule has 1 aliphatic carbocycles. The van der Waals surface area contributed by atoms with Crippen LogP contribution in [-0.2, 0) is 0 Å². The van der Waals surface area contributed by atoms with Crippen molar-refractivity contribution in [2.24, 2.45) is 23.7 Å². The van der Waals surface area contributed by atoms with Crippen molar-refractivity contribution in [1.29, 1.82) is 0 Å². The molecule has 0 spiro atoms. The monoisotopic (exact) mass is 166 g/mol. The first-order valence-electron chi connectivity index (χ1n) is 5.31. The van der Waals surface area contributed by atoms with E-state index in [2.05, 4.69) is 33.4 Å². The normalized spacial score (nSPS) is 32.6. The summed E-state index contributed by atoms with van der Waals surface area (Å²) in [7, 11) is 0. The molecule has 70 valence electrons. The van der Waals surface area contributed by atoms with Crippen molar-refractivity contribution >= 4 is 0 Å². The third-order valence-corrected chi connectivity index (χ3v) is 3.58. The maximum absolute atomic E-state index is 3.83.